The van der Waals surface area contributed by atoms with E-state index in [4.69, 9.17) is 0 Å². The molecule has 0 atom stereocenters. The molecule has 0 heterocycles. The highest BCUT2D eigenvalue weighted by Gasteiger charge is 2.13. The number of nitrogens with zero attached hydrogens (tertiary/aromatic N) is 1. The van der Waals surface area contributed by atoms with Gasteiger partial charge in [0.15, 0.2) is 5.36 Å². The molecular formula is C13H13NO2. The van der Waals surface area contributed by atoms with Crippen molar-refractivity contribution in [2.45, 2.75) is 26.3 Å². The van der Waals surface area contributed by atoms with Crippen molar-refractivity contribution in [3.63, 3.8) is 0 Å². The Labute approximate surface area is 92.8 Å². The number of rotatable bonds is 0. The second kappa shape index (κ2) is 3.37. The summed E-state index contributed by atoms with van der Waals surface area (Å²) in [5, 5.41) is 1.000. The van der Waals surface area contributed by atoms with Crippen LogP contribution in [0.25, 0.3) is 10.8 Å². The maximum Gasteiger partial charge on any atom is 0.215 e. The maximum absolute atomic E-state index is 11.9. The highest BCUT2D eigenvalue weighted by molar-refractivity contribution is 5.83. The van der Waals surface area contributed by atoms with Gasteiger partial charge >= 0.3 is 0 Å². The number of hydrogen-bond acceptors (Lipinski definition) is 3. The molecule has 3 heteroatoms. The molecule has 0 aliphatic carbocycles. The van der Waals surface area contributed by atoms with Gasteiger partial charge in [0.1, 0.15) is 0 Å². The zero-order valence-corrected chi connectivity index (χ0v) is 9.57. The van der Waals surface area contributed by atoms with E-state index in [-0.39, 0.29) is 16.2 Å². The first-order chi connectivity index (χ1) is 7.40. The Kier molecular flexibility index (Phi) is 2.26. The van der Waals surface area contributed by atoms with E-state index in [1.165, 1.54) is 0 Å². The Morgan fingerprint density at radius 2 is 1.38 bits per heavy atom. The van der Waals surface area contributed by atoms with Gasteiger partial charge in [0.25, 0.3) is 0 Å². The molecule has 0 aromatic heterocycles. The van der Waals surface area contributed by atoms with Crippen molar-refractivity contribution in [2.24, 2.45) is 4.99 Å². The second-order valence-electron chi connectivity index (χ2n) is 4.84. The fraction of sp³-hybridized carbons (Fsp3) is 0.308. The molecule has 0 N–H and O–H groups in total. The van der Waals surface area contributed by atoms with Gasteiger partial charge < -0.3 is 0 Å². The highest BCUT2D eigenvalue weighted by Crippen LogP contribution is 2.05. The molecule has 0 radical (unpaired) electrons. The average Bonchev–Trinajstić information content (AvgIpc) is 2.43. The minimum absolute atomic E-state index is 0.0636. The molecule has 0 unspecified atom stereocenters. The van der Waals surface area contributed by atoms with Gasteiger partial charge in [0, 0.05) is 10.8 Å². The van der Waals surface area contributed by atoms with Gasteiger partial charge in [0.2, 0.25) is 10.9 Å². The molecule has 2 rings (SSSR count). The lowest BCUT2D eigenvalue weighted by Crippen LogP contribution is -2.35. The van der Waals surface area contributed by atoms with Crippen LogP contribution < -0.4 is 16.2 Å². The third-order valence-corrected chi connectivity index (χ3v) is 2.29. The van der Waals surface area contributed by atoms with E-state index in [0.29, 0.717) is 10.8 Å². The van der Waals surface area contributed by atoms with Crippen molar-refractivity contribution in [1.82, 2.24) is 0 Å². The van der Waals surface area contributed by atoms with Gasteiger partial charge in [0.05, 0.1) is 5.54 Å². The first-order valence-electron chi connectivity index (χ1n) is 5.18. The van der Waals surface area contributed by atoms with Crippen molar-refractivity contribution in [3.8, 4) is 0 Å². The predicted octanol–water partition coefficient (Wildman–Crippen LogP) is 1.14. The van der Waals surface area contributed by atoms with Crippen LogP contribution in [0.5, 0.6) is 0 Å². The second-order valence-corrected chi connectivity index (χ2v) is 4.84. The molecule has 0 aliphatic rings. The summed E-state index contributed by atoms with van der Waals surface area (Å²) in [5.41, 5.74) is -0.922. The summed E-state index contributed by atoms with van der Waals surface area (Å²) in [4.78, 5) is 28.1. The quantitative estimate of drug-likeness (QED) is 0.661. The molecular weight excluding hydrogens is 202 g/mol. The van der Waals surface area contributed by atoms with Crippen LogP contribution in [-0.4, -0.2) is 5.54 Å². The normalized spacial score (nSPS) is 11.9. The average molecular weight is 215 g/mol. The SMILES string of the molecule is CC(C)(C)N=c1c(=O)c2ccccc2c1=O. The van der Waals surface area contributed by atoms with Crippen molar-refractivity contribution < 1.29 is 0 Å². The molecule has 0 saturated heterocycles. The molecule has 16 heavy (non-hydrogen) atoms. The molecule has 0 saturated carbocycles. The van der Waals surface area contributed by atoms with Crippen molar-refractivity contribution in [2.75, 3.05) is 0 Å². The van der Waals surface area contributed by atoms with E-state index in [1.54, 1.807) is 24.3 Å². The summed E-state index contributed by atoms with van der Waals surface area (Å²) >= 11 is 0. The smallest absolute Gasteiger partial charge is 0.215 e. The number of hydrogen-bond donors (Lipinski definition) is 0. The largest absolute Gasteiger partial charge is 0.287 e. The lowest BCUT2D eigenvalue weighted by molar-refractivity contribution is 0.565. The van der Waals surface area contributed by atoms with Gasteiger partial charge in [-0.15, -0.1) is 0 Å². The Balaban J connectivity index is 2.99. The number of fused-ring (bicyclic) bond motifs is 1. The van der Waals surface area contributed by atoms with Crippen LogP contribution in [-0.2, 0) is 0 Å². The van der Waals surface area contributed by atoms with E-state index < -0.39 is 5.54 Å². The van der Waals surface area contributed by atoms with E-state index in [9.17, 15) is 9.59 Å². The zero-order chi connectivity index (χ0) is 11.9. The molecule has 3 nitrogen and oxygen atoms in total. The molecule has 82 valence electrons. The third-order valence-electron chi connectivity index (χ3n) is 2.29. The summed E-state index contributed by atoms with van der Waals surface area (Å²) in [6.07, 6.45) is 0. The fourth-order valence-electron chi connectivity index (χ4n) is 1.67. The molecule has 0 amide bonds. The summed E-state index contributed by atoms with van der Waals surface area (Å²) < 4.78 is 0. The standard InChI is InChI=1S/C13H13NO2/c1-13(2,3)14-10-11(15)8-6-4-5-7-9(8)12(10)16/h4-7H,1-3H3. The molecule has 0 bridgehead atoms. The van der Waals surface area contributed by atoms with Crippen LogP contribution in [0.1, 0.15) is 20.8 Å². The van der Waals surface area contributed by atoms with Crippen LogP contribution in [0.15, 0.2) is 38.8 Å². The Morgan fingerprint density at radius 1 is 0.938 bits per heavy atom. The molecule has 0 spiro atoms. The van der Waals surface area contributed by atoms with E-state index >= 15 is 0 Å². The molecule has 0 fully saturated rings. The van der Waals surface area contributed by atoms with Crippen LogP contribution in [0.3, 0.4) is 0 Å². The molecule has 2 aromatic carbocycles. The van der Waals surface area contributed by atoms with Gasteiger partial charge in [-0.2, -0.15) is 0 Å². The monoisotopic (exact) mass is 215 g/mol. The summed E-state index contributed by atoms with van der Waals surface area (Å²) in [6, 6.07) is 6.84. The fourth-order valence-corrected chi connectivity index (χ4v) is 1.67. The van der Waals surface area contributed by atoms with E-state index in [2.05, 4.69) is 4.99 Å². The van der Waals surface area contributed by atoms with Gasteiger partial charge in [-0.05, 0) is 20.8 Å². The predicted molar refractivity (Wildman–Crippen MR) is 64.2 cm³/mol. The summed E-state index contributed by atoms with van der Waals surface area (Å²) in [6.45, 7) is 5.59. The highest BCUT2D eigenvalue weighted by atomic mass is 16.1. The first kappa shape index (κ1) is 10.7. The maximum atomic E-state index is 11.9. The lowest BCUT2D eigenvalue weighted by Gasteiger charge is -2.09. The Morgan fingerprint density at radius 3 is 1.75 bits per heavy atom. The van der Waals surface area contributed by atoms with Crippen LogP contribution in [0.4, 0.5) is 0 Å². The van der Waals surface area contributed by atoms with Crippen molar-refractivity contribution in [3.05, 3.63) is 50.1 Å². The third kappa shape index (κ3) is 1.69. The van der Waals surface area contributed by atoms with Gasteiger partial charge in [-0.25, -0.2) is 0 Å². The van der Waals surface area contributed by atoms with Crippen LogP contribution in [0, 0.1) is 0 Å². The zero-order valence-electron chi connectivity index (χ0n) is 9.57. The van der Waals surface area contributed by atoms with Crippen LogP contribution >= 0.6 is 0 Å². The minimum atomic E-state index is -0.414. The Bertz CT molecular complexity index is 633. The van der Waals surface area contributed by atoms with Crippen LogP contribution in [0.2, 0.25) is 0 Å². The summed E-state index contributed by atoms with van der Waals surface area (Å²) in [5.74, 6) is 0. The topological polar surface area (TPSA) is 46.5 Å². The first-order valence-corrected chi connectivity index (χ1v) is 5.18. The van der Waals surface area contributed by atoms with Crippen molar-refractivity contribution >= 4 is 10.8 Å². The van der Waals surface area contributed by atoms with Crippen molar-refractivity contribution in [1.29, 1.82) is 0 Å². The number of benzene rings is 1. The minimum Gasteiger partial charge on any atom is -0.287 e. The summed E-state index contributed by atoms with van der Waals surface area (Å²) in [7, 11) is 0. The lowest BCUT2D eigenvalue weighted by atomic mass is 10.1. The van der Waals surface area contributed by atoms with E-state index in [0.717, 1.165) is 0 Å². The van der Waals surface area contributed by atoms with Gasteiger partial charge in [-0.1, -0.05) is 24.3 Å². The van der Waals surface area contributed by atoms with E-state index in [1.807, 2.05) is 20.8 Å². The molecule has 2 aromatic rings. The molecule has 0 aliphatic heterocycles. The van der Waals surface area contributed by atoms with Gasteiger partial charge in [-0.3, -0.25) is 14.6 Å². The Hall–Kier alpha value is -1.77.